The topological polar surface area (TPSA) is 114 Å². The van der Waals surface area contributed by atoms with E-state index in [0.29, 0.717) is 34.8 Å². The van der Waals surface area contributed by atoms with Crippen LogP contribution in [0.15, 0.2) is 59.3 Å². The lowest BCUT2D eigenvalue weighted by molar-refractivity contribution is 0.282. The molecule has 160 valence electrons. The molecule has 0 saturated carbocycles. The molecule has 0 bridgehead atoms. The molecular weight excluding hydrogens is 413 g/mol. The van der Waals surface area contributed by atoms with E-state index in [1.165, 1.54) is 12.1 Å². The fourth-order valence-corrected chi connectivity index (χ4v) is 3.38. The number of hydrogen-bond acceptors (Lipinski definition) is 8. The Labute approximate surface area is 181 Å². The van der Waals surface area contributed by atoms with Gasteiger partial charge in [-0.15, -0.1) is 10.2 Å². The number of imidazole rings is 1. The zero-order chi connectivity index (χ0) is 22.1. The summed E-state index contributed by atoms with van der Waals surface area (Å²) in [6.45, 7) is 1.90. The van der Waals surface area contributed by atoms with E-state index in [4.69, 9.17) is 9.40 Å². The maximum atomic E-state index is 13.5. The van der Waals surface area contributed by atoms with Gasteiger partial charge in [-0.05, 0) is 48.0 Å². The number of aliphatic hydroxyl groups excluding tert-OH is 1. The van der Waals surface area contributed by atoms with Crippen molar-refractivity contribution >= 4 is 11.6 Å². The third-order valence-electron chi connectivity index (χ3n) is 4.85. The Morgan fingerprint density at radius 3 is 2.69 bits per heavy atom. The molecule has 0 amide bonds. The number of anilines is 1. The van der Waals surface area contributed by atoms with Crippen molar-refractivity contribution in [2.75, 3.05) is 5.32 Å². The molecule has 32 heavy (non-hydrogen) atoms. The quantitative estimate of drug-likeness (QED) is 0.421. The van der Waals surface area contributed by atoms with Gasteiger partial charge in [0.25, 0.3) is 0 Å². The van der Waals surface area contributed by atoms with Gasteiger partial charge in [0.1, 0.15) is 11.5 Å². The summed E-state index contributed by atoms with van der Waals surface area (Å²) in [5.74, 6) is 0.958. The highest BCUT2D eigenvalue weighted by Crippen LogP contribution is 2.32. The molecule has 0 saturated heterocycles. The maximum Gasteiger partial charge on any atom is 0.235 e. The van der Waals surface area contributed by atoms with Crippen LogP contribution in [0, 0.1) is 12.7 Å². The molecule has 5 rings (SSSR count). The highest BCUT2D eigenvalue weighted by atomic mass is 19.1. The van der Waals surface area contributed by atoms with Gasteiger partial charge in [0.05, 0.1) is 30.2 Å². The highest BCUT2D eigenvalue weighted by molar-refractivity contribution is 5.80. The van der Waals surface area contributed by atoms with Crippen LogP contribution in [0.2, 0.25) is 0 Å². The molecule has 4 heterocycles. The molecule has 9 nitrogen and oxygen atoms in total. The summed E-state index contributed by atoms with van der Waals surface area (Å²) in [5, 5.41) is 20.3. The van der Waals surface area contributed by atoms with Crippen LogP contribution in [0.25, 0.3) is 28.3 Å². The number of hydrogen-bond donors (Lipinski definition) is 2. The van der Waals surface area contributed by atoms with Crippen LogP contribution >= 0.6 is 0 Å². The van der Waals surface area contributed by atoms with Gasteiger partial charge in [-0.1, -0.05) is 0 Å². The Balaban J connectivity index is 1.59. The molecule has 0 aliphatic heterocycles. The van der Waals surface area contributed by atoms with E-state index < -0.39 is 0 Å². The number of nitrogens with zero attached hydrogens (tertiary/aromatic N) is 6. The molecule has 1 aromatic carbocycles. The monoisotopic (exact) mass is 431 g/mol. The van der Waals surface area contributed by atoms with Gasteiger partial charge < -0.3 is 14.8 Å². The summed E-state index contributed by atoms with van der Waals surface area (Å²) in [6, 6.07) is 11.5. The molecule has 10 heteroatoms. The van der Waals surface area contributed by atoms with Crippen molar-refractivity contribution in [3.05, 3.63) is 78.0 Å². The first-order chi connectivity index (χ1) is 15.6. The molecule has 0 spiro atoms. The lowest BCUT2D eigenvalue weighted by Gasteiger charge is -2.08. The van der Waals surface area contributed by atoms with Crippen LogP contribution < -0.4 is 5.32 Å². The van der Waals surface area contributed by atoms with E-state index in [1.807, 2.05) is 16.7 Å². The van der Waals surface area contributed by atoms with Crippen LogP contribution in [0.4, 0.5) is 10.3 Å². The largest absolute Gasteiger partial charge is 0.424 e. The van der Waals surface area contributed by atoms with E-state index in [9.17, 15) is 9.50 Å². The summed E-state index contributed by atoms with van der Waals surface area (Å²) in [7, 11) is 0. The number of nitrogens with one attached hydrogen (secondary N) is 1. The smallest absolute Gasteiger partial charge is 0.235 e. The van der Waals surface area contributed by atoms with E-state index in [0.717, 1.165) is 16.8 Å². The number of halogens is 1. The van der Waals surface area contributed by atoms with E-state index in [-0.39, 0.29) is 19.0 Å². The summed E-state index contributed by atoms with van der Waals surface area (Å²) in [5.41, 5.74) is 4.09. The number of aliphatic hydroxyl groups is 1. The molecule has 5 aromatic rings. The number of aromatic nitrogens is 6. The molecule has 0 radical (unpaired) electrons. The van der Waals surface area contributed by atoms with Crippen molar-refractivity contribution in [2.24, 2.45) is 0 Å². The first-order valence-corrected chi connectivity index (χ1v) is 9.85. The Morgan fingerprint density at radius 2 is 1.94 bits per heavy atom. The normalized spacial score (nSPS) is 11.2. The number of benzene rings is 1. The van der Waals surface area contributed by atoms with Gasteiger partial charge in [0.15, 0.2) is 0 Å². The third kappa shape index (κ3) is 3.79. The number of fused-ring (bicyclic) bond motifs is 1. The highest BCUT2D eigenvalue weighted by Gasteiger charge is 2.18. The van der Waals surface area contributed by atoms with Crippen molar-refractivity contribution in [3.8, 4) is 22.6 Å². The Kier molecular flexibility index (Phi) is 5.04. The predicted octanol–water partition coefficient (Wildman–Crippen LogP) is 3.39. The molecule has 0 fully saturated rings. The SMILES string of the molecule is Cc1nnc(CNc2nccc(-c3c(-c4ccc(F)cc4)nc4cc(CO)ccn34)n2)o1. The molecule has 0 aliphatic rings. The van der Waals surface area contributed by atoms with Crippen LogP contribution in [-0.2, 0) is 13.2 Å². The first kappa shape index (κ1) is 19.8. The lowest BCUT2D eigenvalue weighted by Crippen LogP contribution is -2.05. The van der Waals surface area contributed by atoms with Crippen molar-refractivity contribution < 1.29 is 13.9 Å². The Morgan fingerprint density at radius 1 is 1.09 bits per heavy atom. The van der Waals surface area contributed by atoms with Gasteiger partial charge in [0, 0.05) is 24.9 Å². The molecule has 4 aromatic heterocycles. The van der Waals surface area contributed by atoms with Gasteiger partial charge in [-0.25, -0.2) is 19.3 Å². The van der Waals surface area contributed by atoms with E-state index in [2.05, 4.69) is 25.5 Å². The van der Waals surface area contributed by atoms with E-state index in [1.54, 1.807) is 37.4 Å². The summed E-state index contributed by atoms with van der Waals surface area (Å²) in [4.78, 5) is 13.6. The summed E-state index contributed by atoms with van der Waals surface area (Å²) < 4.78 is 20.8. The van der Waals surface area contributed by atoms with Crippen molar-refractivity contribution in [1.82, 2.24) is 29.5 Å². The van der Waals surface area contributed by atoms with Gasteiger partial charge in [-0.2, -0.15) is 0 Å². The molecule has 0 unspecified atom stereocenters. The molecule has 0 aliphatic carbocycles. The second-order valence-electron chi connectivity index (χ2n) is 7.07. The van der Waals surface area contributed by atoms with Crippen molar-refractivity contribution in [1.29, 1.82) is 0 Å². The van der Waals surface area contributed by atoms with Gasteiger partial charge >= 0.3 is 0 Å². The standard InChI is InChI=1S/C22H18FN7O2/c1-13-28-29-19(32-13)11-25-22-24-8-6-17(26-22)21-20(15-2-4-16(23)5-3-15)27-18-10-14(12-31)7-9-30(18)21/h2-10,31H,11-12H2,1H3,(H,24,25,26). The van der Waals surface area contributed by atoms with E-state index >= 15 is 0 Å². The second-order valence-corrected chi connectivity index (χ2v) is 7.07. The Hall–Kier alpha value is -4.18. The molecule has 0 atom stereocenters. The number of rotatable bonds is 6. The fraction of sp³-hybridized carbons (Fsp3) is 0.136. The Bertz CT molecular complexity index is 1400. The average Bonchev–Trinajstić information content (AvgIpc) is 3.41. The summed E-state index contributed by atoms with van der Waals surface area (Å²) in [6.07, 6.45) is 3.46. The lowest BCUT2D eigenvalue weighted by atomic mass is 10.1. The van der Waals surface area contributed by atoms with Crippen LogP contribution in [0.3, 0.4) is 0 Å². The predicted molar refractivity (Wildman–Crippen MR) is 114 cm³/mol. The fourth-order valence-electron chi connectivity index (χ4n) is 3.38. The number of aryl methyl sites for hydroxylation is 1. The molecular formula is C22H18FN7O2. The van der Waals surface area contributed by atoms with Crippen LogP contribution in [0.5, 0.6) is 0 Å². The minimum Gasteiger partial charge on any atom is -0.424 e. The minimum absolute atomic E-state index is 0.0959. The van der Waals surface area contributed by atoms with Gasteiger partial charge in [0.2, 0.25) is 17.7 Å². The second kappa shape index (κ2) is 8.16. The molecule has 2 N–H and O–H groups in total. The number of pyridine rings is 1. The van der Waals surface area contributed by atoms with Crippen molar-refractivity contribution in [2.45, 2.75) is 20.1 Å². The van der Waals surface area contributed by atoms with Crippen LogP contribution in [-0.4, -0.2) is 34.7 Å². The zero-order valence-electron chi connectivity index (χ0n) is 17.0. The third-order valence-corrected chi connectivity index (χ3v) is 4.85. The van der Waals surface area contributed by atoms with Gasteiger partial charge in [-0.3, -0.25) is 4.40 Å². The zero-order valence-corrected chi connectivity index (χ0v) is 17.0. The first-order valence-electron chi connectivity index (χ1n) is 9.85. The van der Waals surface area contributed by atoms with Crippen molar-refractivity contribution in [3.63, 3.8) is 0 Å². The maximum absolute atomic E-state index is 13.5. The summed E-state index contributed by atoms with van der Waals surface area (Å²) >= 11 is 0. The average molecular weight is 431 g/mol. The van der Waals surface area contributed by atoms with Crippen LogP contribution in [0.1, 0.15) is 17.3 Å². The minimum atomic E-state index is -0.327.